The van der Waals surface area contributed by atoms with Crippen molar-refractivity contribution in [3.05, 3.63) is 23.7 Å². The summed E-state index contributed by atoms with van der Waals surface area (Å²) in [7, 11) is 0. The van der Waals surface area contributed by atoms with Crippen molar-refractivity contribution >= 4 is 11.6 Å². The molecule has 2 heterocycles. The fourth-order valence-electron chi connectivity index (χ4n) is 2.17. The first-order chi connectivity index (χ1) is 7.72. The third-order valence-electron chi connectivity index (χ3n) is 3.12. The molecule has 1 aliphatic carbocycles. The zero-order valence-electron chi connectivity index (χ0n) is 9.18. The highest BCUT2D eigenvalue weighted by Gasteiger charge is 2.32. The van der Waals surface area contributed by atoms with E-state index in [2.05, 4.69) is 5.10 Å². The Bertz CT molecular complexity index is 562. The Balaban J connectivity index is 2.31. The van der Waals surface area contributed by atoms with Gasteiger partial charge in [0.2, 0.25) is 0 Å². The van der Waals surface area contributed by atoms with Crippen LogP contribution in [0.3, 0.4) is 0 Å². The highest BCUT2D eigenvalue weighted by molar-refractivity contribution is 6.00. The van der Waals surface area contributed by atoms with Crippen LogP contribution in [-0.4, -0.2) is 20.1 Å². The number of aromatic nitrogens is 3. The van der Waals surface area contributed by atoms with E-state index in [4.69, 9.17) is 5.73 Å². The topological polar surface area (TPSA) is 65.3 Å². The maximum atomic E-state index is 11.6. The zero-order valence-corrected chi connectivity index (χ0v) is 9.18. The average Bonchev–Trinajstić information content (AvgIpc) is 2.90. The molecule has 1 fully saturated rings. The second kappa shape index (κ2) is 3.10. The molecular formula is C11H14N4O. The van der Waals surface area contributed by atoms with Gasteiger partial charge in [-0.3, -0.25) is 4.79 Å². The molecule has 1 saturated carbocycles. The first-order valence-electron chi connectivity index (χ1n) is 5.59. The molecule has 0 aromatic carbocycles. The smallest absolute Gasteiger partial charge is 0.254 e. The van der Waals surface area contributed by atoms with E-state index in [0.29, 0.717) is 11.5 Å². The summed E-state index contributed by atoms with van der Waals surface area (Å²) in [5, 5.41) is 4.46. The molecule has 84 valence electrons. The number of nitrogens with zero attached hydrogens (tertiary/aromatic N) is 3. The molecule has 2 N–H and O–H groups in total. The van der Waals surface area contributed by atoms with Gasteiger partial charge < -0.3 is 10.3 Å². The molecule has 0 bridgehead atoms. The van der Waals surface area contributed by atoms with Crippen LogP contribution in [0.2, 0.25) is 0 Å². The van der Waals surface area contributed by atoms with Gasteiger partial charge in [0.25, 0.3) is 5.91 Å². The summed E-state index contributed by atoms with van der Waals surface area (Å²) >= 11 is 0. The molecule has 1 amide bonds. The number of primary amides is 1. The summed E-state index contributed by atoms with van der Waals surface area (Å²) in [4.78, 5) is 11.6. The van der Waals surface area contributed by atoms with Gasteiger partial charge in [-0.15, -0.1) is 0 Å². The number of fused-ring (bicyclic) bond motifs is 1. The van der Waals surface area contributed by atoms with Gasteiger partial charge in [0.15, 0.2) is 0 Å². The molecule has 0 saturated heterocycles. The SMILES string of the molecule is CCn1ccn2nc(C3CC3)c(C(N)=O)c12. The number of carbonyl (C=O) groups is 1. The third kappa shape index (κ3) is 1.17. The van der Waals surface area contributed by atoms with E-state index in [-0.39, 0.29) is 5.91 Å². The van der Waals surface area contributed by atoms with E-state index in [1.165, 1.54) is 0 Å². The second-order valence-corrected chi connectivity index (χ2v) is 4.25. The predicted octanol–water partition coefficient (Wildman–Crippen LogP) is 1.13. The van der Waals surface area contributed by atoms with Gasteiger partial charge in [-0.1, -0.05) is 0 Å². The van der Waals surface area contributed by atoms with E-state index in [1.54, 1.807) is 4.52 Å². The Labute approximate surface area is 92.8 Å². The summed E-state index contributed by atoms with van der Waals surface area (Å²) in [5.41, 5.74) is 7.78. The van der Waals surface area contributed by atoms with Crippen molar-refractivity contribution in [1.82, 2.24) is 14.2 Å². The summed E-state index contributed by atoms with van der Waals surface area (Å²) in [5.74, 6) is 0.0676. The van der Waals surface area contributed by atoms with Crippen LogP contribution in [0.5, 0.6) is 0 Å². The first kappa shape index (κ1) is 9.45. The minimum atomic E-state index is -0.370. The molecular weight excluding hydrogens is 204 g/mol. The molecule has 2 aromatic rings. The molecule has 5 heteroatoms. The van der Waals surface area contributed by atoms with Crippen LogP contribution >= 0.6 is 0 Å². The lowest BCUT2D eigenvalue weighted by molar-refractivity contribution is 0.100. The standard InChI is InChI=1S/C11H14N4O/c1-2-14-5-6-15-11(14)8(10(12)16)9(13-15)7-3-4-7/h5-7H,2-4H2,1H3,(H2,12,16). The largest absolute Gasteiger partial charge is 0.365 e. The average molecular weight is 218 g/mol. The Morgan fingerprint density at radius 1 is 1.56 bits per heavy atom. The van der Waals surface area contributed by atoms with Crippen LogP contribution < -0.4 is 5.73 Å². The van der Waals surface area contributed by atoms with Gasteiger partial charge >= 0.3 is 0 Å². The van der Waals surface area contributed by atoms with E-state index in [0.717, 1.165) is 30.7 Å². The molecule has 0 aliphatic heterocycles. The number of carbonyl (C=O) groups excluding carboxylic acids is 1. The molecule has 16 heavy (non-hydrogen) atoms. The molecule has 1 aliphatic rings. The fraction of sp³-hybridized carbons (Fsp3) is 0.455. The molecule has 0 atom stereocenters. The summed E-state index contributed by atoms with van der Waals surface area (Å²) in [6.07, 6.45) is 6.03. The second-order valence-electron chi connectivity index (χ2n) is 4.25. The number of amides is 1. The first-order valence-corrected chi connectivity index (χ1v) is 5.59. The van der Waals surface area contributed by atoms with Crippen molar-refractivity contribution in [3.8, 4) is 0 Å². The van der Waals surface area contributed by atoms with Crippen LogP contribution in [-0.2, 0) is 6.54 Å². The number of rotatable bonds is 3. The van der Waals surface area contributed by atoms with E-state index >= 15 is 0 Å². The van der Waals surface area contributed by atoms with Gasteiger partial charge in [0, 0.05) is 24.9 Å². The summed E-state index contributed by atoms with van der Waals surface area (Å²) in [6.45, 7) is 2.85. The highest BCUT2D eigenvalue weighted by Crippen LogP contribution is 2.41. The summed E-state index contributed by atoms with van der Waals surface area (Å²) < 4.78 is 3.76. The number of nitrogens with two attached hydrogens (primary N) is 1. The maximum absolute atomic E-state index is 11.6. The van der Waals surface area contributed by atoms with Gasteiger partial charge in [0.05, 0.1) is 5.69 Å². The number of hydrogen-bond donors (Lipinski definition) is 1. The van der Waals surface area contributed by atoms with Gasteiger partial charge in [-0.25, -0.2) is 4.52 Å². The van der Waals surface area contributed by atoms with Crippen molar-refractivity contribution in [3.63, 3.8) is 0 Å². The lowest BCUT2D eigenvalue weighted by Gasteiger charge is -2.00. The van der Waals surface area contributed by atoms with Crippen LogP contribution in [0.4, 0.5) is 0 Å². The number of imidazole rings is 1. The normalized spacial score (nSPS) is 15.8. The number of hydrogen-bond acceptors (Lipinski definition) is 2. The van der Waals surface area contributed by atoms with Crippen molar-refractivity contribution < 1.29 is 4.79 Å². The Hall–Kier alpha value is -1.78. The van der Waals surface area contributed by atoms with Gasteiger partial charge in [-0.2, -0.15) is 5.10 Å². The van der Waals surface area contributed by atoms with Crippen LogP contribution in [0.1, 0.15) is 41.7 Å². The van der Waals surface area contributed by atoms with Gasteiger partial charge in [-0.05, 0) is 19.8 Å². The Kier molecular flexibility index (Phi) is 1.83. The van der Waals surface area contributed by atoms with Gasteiger partial charge in [0.1, 0.15) is 11.2 Å². The monoisotopic (exact) mass is 218 g/mol. The van der Waals surface area contributed by atoms with Crippen molar-refractivity contribution in [1.29, 1.82) is 0 Å². The molecule has 0 radical (unpaired) electrons. The molecule has 2 aromatic heterocycles. The van der Waals surface area contributed by atoms with Crippen molar-refractivity contribution in [2.45, 2.75) is 32.2 Å². The van der Waals surface area contributed by atoms with Crippen LogP contribution in [0, 0.1) is 0 Å². The van der Waals surface area contributed by atoms with Crippen LogP contribution in [0.25, 0.3) is 5.65 Å². The Morgan fingerprint density at radius 3 is 2.88 bits per heavy atom. The van der Waals surface area contributed by atoms with E-state index in [9.17, 15) is 4.79 Å². The zero-order chi connectivity index (χ0) is 11.3. The number of aryl methyl sites for hydroxylation is 1. The minimum Gasteiger partial charge on any atom is -0.365 e. The maximum Gasteiger partial charge on any atom is 0.254 e. The van der Waals surface area contributed by atoms with E-state index < -0.39 is 0 Å². The van der Waals surface area contributed by atoms with Crippen molar-refractivity contribution in [2.24, 2.45) is 5.73 Å². The Morgan fingerprint density at radius 2 is 2.31 bits per heavy atom. The van der Waals surface area contributed by atoms with E-state index in [1.807, 2.05) is 23.9 Å². The molecule has 3 rings (SSSR count). The molecule has 5 nitrogen and oxygen atoms in total. The molecule has 0 unspecified atom stereocenters. The van der Waals surface area contributed by atoms with Crippen molar-refractivity contribution in [2.75, 3.05) is 0 Å². The lowest BCUT2D eigenvalue weighted by Crippen LogP contribution is -2.14. The van der Waals surface area contributed by atoms with Crippen LogP contribution in [0.15, 0.2) is 12.4 Å². The summed E-state index contributed by atoms with van der Waals surface area (Å²) in [6, 6.07) is 0. The minimum absolute atomic E-state index is 0.370. The molecule has 0 spiro atoms. The highest BCUT2D eigenvalue weighted by atomic mass is 16.1. The quantitative estimate of drug-likeness (QED) is 0.839. The lowest BCUT2D eigenvalue weighted by atomic mass is 10.1. The predicted molar refractivity (Wildman–Crippen MR) is 59.3 cm³/mol. The fourth-order valence-corrected chi connectivity index (χ4v) is 2.17. The third-order valence-corrected chi connectivity index (χ3v) is 3.12.